The van der Waals surface area contributed by atoms with Crippen LogP contribution in [0.5, 0.6) is 5.75 Å². The van der Waals surface area contributed by atoms with E-state index in [1.807, 2.05) is 19.1 Å². The Bertz CT molecular complexity index is 893. The van der Waals surface area contributed by atoms with Gasteiger partial charge in [0.15, 0.2) is 6.61 Å². The van der Waals surface area contributed by atoms with Crippen molar-refractivity contribution in [2.45, 2.75) is 26.5 Å². The van der Waals surface area contributed by atoms with Gasteiger partial charge in [-0.3, -0.25) is 4.79 Å². The van der Waals surface area contributed by atoms with Crippen LogP contribution in [-0.4, -0.2) is 16.0 Å². The number of halogens is 1. The minimum absolute atomic E-state index is 0.119. The van der Waals surface area contributed by atoms with Gasteiger partial charge in [0.25, 0.3) is 5.91 Å². The van der Waals surface area contributed by atoms with Gasteiger partial charge in [0.05, 0.1) is 11.6 Å². The van der Waals surface area contributed by atoms with Crippen LogP contribution in [0.2, 0.25) is 5.02 Å². The highest BCUT2D eigenvalue weighted by Gasteiger charge is 2.16. The van der Waals surface area contributed by atoms with Crippen LogP contribution in [0.25, 0.3) is 0 Å². The Morgan fingerprint density at radius 2 is 1.96 bits per heavy atom. The summed E-state index contributed by atoms with van der Waals surface area (Å²) in [7, 11) is 0. The van der Waals surface area contributed by atoms with Gasteiger partial charge in [0.2, 0.25) is 11.7 Å². The molecular weight excluding hydrogens is 354 g/mol. The molecule has 3 rings (SSSR count). The second-order valence-corrected chi connectivity index (χ2v) is 6.20. The molecule has 0 bridgehead atoms. The molecule has 2 aromatic carbocycles. The zero-order chi connectivity index (χ0) is 18.5. The molecule has 134 valence electrons. The molecule has 0 saturated carbocycles. The van der Waals surface area contributed by atoms with Gasteiger partial charge in [-0.2, -0.15) is 4.98 Å². The summed E-state index contributed by atoms with van der Waals surface area (Å²) in [6, 6.07) is 14.2. The van der Waals surface area contributed by atoms with E-state index < -0.39 is 0 Å². The molecule has 7 heteroatoms. The zero-order valence-electron chi connectivity index (χ0n) is 14.4. The predicted molar refractivity (Wildman–Crippen MR) is 97.1 cm³/mol. The molecule has 6 nitrogen and oxygen atoms in total. The van der Waals surface area contributed by atoms with Crippen molar-refractivity contribution in [1.29, 1.82) is 0 Å². The van der Waals surface area contributed by atoms with Crippen molar-refractivity contribution in [2.75, 3.05) is 0 Å². The lowest BCUT2D eigenvalue weighted by molar-refractivity contribution is 0.0935. The van der Waals surface area contributed by atoms with Gasteiger partial charge in [-0.25, -0.2) is 0 Å². The summed E-state index contributed by atoms with van der Waals surface area (Å²) in [4.78, 5) is 16.7. The van der Waals surface area contributed by atoms with Crippen molar-refractivity contribution in [3.05, 3.63) is 76.4 Å². The largest absolute Gasteiger partial charge is 0.485 e. The molecular formula is C19H18ClN3O3. The maximum atomic E-state index is 12.7. The Hall–Kier alpha value is -2.86. The van der Waals surface area contributed by atoms with Gasteiger partial charge in [0.1, 0.15) is 5.75 Å². The smallest absolute Gasteiger partial charge is 0.255 e. The van der Waals surface area contributed by atoms with E-state index in [1.165, 1.54) is 0 Å². The Morgan fingerprint density at radius 1 is 1.23 bits per heavy atom. The first-order chi connectivity index (χ1) is 12.5. The van der Waals surface area contributed by atoms with Crippen molar-refractivity contribution < 1.29 is 14.1 Å². The van der Waals surface area contributed by atoms with Crippen LogP contribution in [-0.2, 0) is 6.61 Å². The van der Waals surface area contributed by atoms with Gasteiger partial charge >= 0.3 is 0 Å². The highest BCUT2D eigenvalue weighted by atomic mass is 35.5. The van der Waals surface area contributed by atoms with Crippen LogP contribution in [0.15, 0.2) is 53.1 Å². The molecule has 3 aromatic rings. The minimum atomic E-state index is -0.229. The molecule has 0 aliphatic carbocycles. The first kappa shape index (κ1) is 17.9. The number of para-hydroxylation sites is 1. The number of hydrogen-bond donors (Lipinski definition) is 1. The lowest BCUT2D eigenvalue weighted by Gasteiger charge is -2.16. The maximum absolute atomic E-state index is 12.7. The van der Waals surface area contributed by atoms with Gasteiger partial charge in [-0.1, -0.05) is 41.0 Å². The third-order valence-corrected chi connectivity index (χ3v) is 4.03. The molecule has 26 heavy (non-hydrogen) atoms. The summed E-state index contributed by atoms with van der Waals surface area (Å²) in [6.45, 7) is 3.73. The summed E-state index contributed by atoms with van der Waals surface area (Å²) >= 11 is 5.90. The van der Waals surface area contributed by atoms with E-state index in [4.69, 9.17) is 20.9 Å². The zero-order valence-corrected chi connectivity index (χ0v) is 15.2. The standard InChI is InChI=1S/C19H18ClN3O3/c1-12(14-7-9-15(20)10-8-14)21-19(24)16-5-3-4-6-17(16)25-11-18-22-13(2)26-23-18/h3-10,12H,11H2,1-2H3,(H,21,24)/t12-/m0/s1. The summed E-state index contributed by atoms with van der Waals surface area (Å²) in [5, 5.41) is 7.40. The number of aryl methyl sites for hydroxylation is 1. The fraction of sp³-hybridized carbons (Fsp3) is 0.211. The average Bonchev–Trinajstić information content (AvgIpc) is 3.06. The molecule has 0 aliphatic heterocycles. The number of nitrogens with zero attached hydrogens (tertiary/aromatic N) is 2. The van der Waals surface area contributed by atoms with Crippen LogP contribution < -0.4 is 10.1 Å². The number of benzene rings is 2. The van der Waals surface area contributed by atoms with E-state index in [2.05, 4.69) is 15.5 Å². The first-order valence-electron chi connectivity index (χ1n) is 8.10. The molecule has 1 N–H and O–H groups in total. The molecule has 0 fully saturated rings. The predicted octanol–water partition coefficient (Wildman–Crippen LogP) is 4.10. The van der Waals surface area contributed by atoms with Crippen LogP contribution in [0.4, 0.5) is 0 Å². The normalized spacial score (nSPS) is 11.8. The highest BCUT2D eigenvalue weighted by molar-refractivity contribution is 6.30. The molecule has 1 aromatic heterocycles. The number of ether oxygens (including phenoxy) is 1. The molecule has 1 heterocycles. The highest BCUT2D eigenvalue weighted by Crippen LogP contribution is 2.21. The van der Waals surface area contributed by atoms with Crippen LogP contribution in [0, 0.1) is 6.92 Å². The van der Waals surface area contributed by atoms with E-state index >= 15 is 0 Å². The minimum Gasteiger partial charge on any atom is -0.485 e. The van der Waals surface area contributed by atoms with Crippen molar-refractivity contribution in [1.82, 2.24) is 15.5 Å². The molecule has 0 saturated heterocycles. The molecule has 0 aliphatic rings. The number of hydrogen-bond acceptors (Lipinski definition) is 5. The fourth-order valence-electron chi connectivity index (χ4n) is 2.43. The van der Waals surface area contributed by atoms with Crippen molar-refractivity contribution in [3.8, 4) is 5.75 Å². The Morgan fingerprint density at radius 3 is 2.65 bits per heavy atom. The molecule has 1 atom stereocenters. The number of carbonyl (C=O) groups excluding carboxylic acids is 1. The van der Waals surface area contributed by atoms with Gasteiger partial charge in [0, 0.05) is 11.9 Å². The topological polar surface area (TPSA) is 77.2 Å². The quantitative estimate of drug-likeness (QED) is 0.705. The van der Waals surface area contributed by atoms with E-state index in [0.717, 1.165) is 5.56 Å². The van der Waals surface area contributed by atoms with E-state index in [-0.39, 0.29) is 18.6 Å². The number of carbonyl (C=O) groups is 1. The summed E-state index contributed by atoms with van der Waals surface area (Å²) < 4.78 is 10.6. The number of rotatable bonds is 6. The monoisotopic (exact) mass is 371 g/mol. The number of aromatic nitrogens is 2. The van der Waals surface area contributed by atoms with E-state index in [0.29, 0.717) is 28.1 Å². The van der Waals surface area contributed by atoms with Crippen LogP contribution in [0.3, 0.4) is 0 Å². The number of amides is 1. The first-order valence-corrected chi connectivity index (χ1v) is 8.48. The molecule has 0 radical (unpaired) electrons. The third-order valence-electron chi connectivity index (χ3n) is 3.78. The van der Waals surface area contributed by atoms with Crippen molar-refractivity contribution in [3.63, 3.8) is 0 Å². The van der Waals surface area contributed by atoms with Gasteiger partial charge < -0.3 is 14.6 Å². The van der Waals surface area contributed by atoms with Crippen LogP contribution in [0.1, 0.15) is 40.6 Å². The summed E-state index contributed by atoms with van der Waals surface area (Å²) in [5.74, 6) is 1.11. The average molecular weight is 372 g/mol. The van der Waals surface area contributed by atoms with E-state index in [9.17, 15) is 4.79 Å². The summed E-state index contributed by atoms with van der Waals surface area (Å²) in [6.07, 6.45) is 0. The van der Waals surface area contributed by atoms with E-state index in [1.54, 1.807) is 43.3 Å². The number of nitrogens with one attached hydrogen (secondary N) is 1. The second-order valence-electron chi connectivity index (χ2n) is 5.76. The van der Waals surface area contributed by atoms with Crippen molar-refractivity contribution >= 4 is 17.5 Å². The molecule has 0 unspecified atom stereocenters. The Labute approximate surface area is 156 Å². The SMILES string of the molecule is Cc1nc(COc2ccccc2C(=O)N[C@@H](C)c2ccc(Cl)cc2)no1. The van der Waals surface area contributed by atoms with Crippen LogP contribution >= 0.6 is 11.6 Å². The lowest BCUT2D eigenvalue weighted by atomic mass is 10.1. The second kappa shape index (κ2) is 8.01. The van der Waals surface area contributed by atoms with Gasteiger partial charge in [-0.15, -0.1) is 0 Å². The van der Waals surface area contributed by atoms with Gasteiger partial charge in [-0.05, 0) is 36.8 Å². The molecule has 0 spiro atoms. The maximum Gasteiger partial charge on any atom is 0.255 e. The summed E-state index contributed by atoms with van der Waals surface area (Å²) in [5.41, 5.74) is 1.40. The Kier molecular flexibility index (Phi) is 5.53. The third kappa shape index (κ3) is 4.40. The fourth-order valence-corrected chi connectivity index (χ4v) is 2.56. The Balaban J connectivity index is 1.69. The van der Waals surface area contributed by atoms with Crippen molar-refractivity contribution in [2.24, 2.45) is 0 Å². The lowest BCUT2D eigenvalue weighted by Crippen LogP contribution is -2.27. The molecule has 1 amide bonds.